The monoisotopic (exact) mass is 423 g/mol. The molecule has 0 aliphatic rings. The molecule has 1 aromatic heterocycles. The number of aromatic nitrogens is 2. The lowest BCUT2D eigenvalue weighted by Gasteiger charge is -2.20. The largest absolute Gasteiger partial charge is 0.497 e. The second kappa shape index (κ2) is 10.5. The summed E-state index contributed by atoms with van der Waals surface area (Å²) < 4.78 is 7.30. The Hall–Kier alpha value is -2.77. The van der Waals surface area contributed by atoms with Crippen LogP contribution >= 0.6 is 23.2 Å². The Bertz CT molecular complexity index is 883. The van der Waals surface area contributed by atoms with Gasteiger partial charge in [-0.05, 0) is 41.8 Å². The van der Waals surface area contributed by atoms with Gasteiger partial charge < -0.3 is 14.5 Å². The van der Waals surface area contributed by atoms with Crippen LogP contribution in [0, 0.1) is 10.1 Å². The molecular weight excluding hydrogens is 405 g/mol. The van der Waals surface area contributed by atoms with Crippen molar-refractivity contribution in [3.8, 4) is 5.75 Å². The van der Waals surface area contributed by atoms with Gasteiger partial charge in [-0.25, -0.2) is 4.98 Å². The van der Waals surface area contributed by atoms with E-state index in [4.69, 9.17) is 43.3 Å². The molecule has 148 valence electrons. The van der Waals surface area contributed by atoms with Crippen molar-refractivity contribution in [3.63, 3.8) is 0 Å². The van der Waals surface area contributed by atoms with Crippen LogP contribution in [0.1, 0.15) is 17.0 Å². The number of hydrogen-bond donors (Lipinski definition) is 1. The normalized spacial score (nSPS) is 11.2. The summed E-state index contributed by atoms with van der Waals surface area (Å²) in [6.45, 7) is 0.799. The molecule has 0 aliphatic carbocycles. The van der Waals surface area contributed by atoms with Crippen molar-refractivity contribution in [1.29, 1.82) is 0 Å². The first kappa shape index (κ1) is 21.5. The molecular formula is C19H19Cl2N3O4. The predicted octanol–water partition coefficient (Wildman–Crippen LogP) is 4.88. The summed E-state index contributed by atoms with van der Waals surface area (Å²) in [6, 6.07) is 13.8. The Morgan fingerprint density at radius 2 is 1.93 bits per heavy atom. The number of nitrogens with zero attached hydrogens (tertiary/aromatic N) is 3. The second-order valence-electron chi connectivity index (χ2n) is 5.91. The van der Waals surface area contributed by atoms with E-state index in [0.717, 1.165) is 24.3 Å². The average molecular weight is 424 g/mol. The van der Waals surface area contributed by atoms with Gasteiger partial charge in [0.05, 0.1) is 13.4 Å². The van der Waals surface area contributed by atoms with Gasteiger partial charge in [-0.2, -0.15) is 0 Å². The Morgan fingerprint density at radius 1 is 1.25 bits per heavy atom. The van der Waals surface area contributed by atoms with Gasteiger partial charge in [0.25, 0.3) is 5.09 Å². The predicted molar refractivity (Wildman–Crippen MR) is 107 cm³/mol. The van der Waals surface area contributed by atoms with Crippen LogP contribution in [0.4, 0.5) is 0 Å². The summed E-state index contributed by atoms with van der Waals surface area (Å²) in [5, 5.41) is 15.0. The van der Waals surface area contributed by atoms with E-state index in [-0.39, 0.29) is 5.92 Å². The van der Waals surface area contributed by atoms with E-state index in [2.05, 4.69) is 21.7 Å². The lowest BCUT2D eigenvalue weighted by Crippen LogP contribution is -2.11. The van der Waals surface area contributed by atoms with E-state index >= 15 is 0 Å². The minimum absolute atomic E-state index is 0.220. The standard InChI is InChI=1S/C19H18Cl2N2O.HNO3/c1-24-17-5-2-14(3-6-17)10-15(12-23-9-8-22-13-23)18-7-4-16(20)11-19(18)21;2-1(3)4/h2-9,11,13,15H,10,12H2,1H3;(H,2,3,4). The number of benzene rings is 2. The van der Waals surface area contributed by atoms with Crippen LogP contribution in [-0.4, -0.2) is 27.0 Å². The second-order valence-corrected chi connectivity index (χ2v) is 6.76. The molecule has 3 aromatic rings. The fourth-order valence-electron chi connectivity index (χ4n) is 2.80. The Morgan fingerprint density at radius 3 is 2.46 bits per heavy atom. The zero-order valence-electron chi connectivity index (χ0n) is 15.0. The molecule has 3 rings (SSSR count). The van der Waals surface area contributed by atoms with E-state index in [1.165, 1.54) is 5.56 Å². The number of halogens is 2. The van der Waals surface area contributed by atoms with Crippen molar-refractivity contribution in [2.75, 3.05) is 7.11 Å². The van der Waals surface area contributed by atoms with Gasteiger partial charge in [-0.3, -0.25) is 0 Å². The van der Waals surface area contributed by atoms with Gasteiger partial charge in [0.1, 0.15) is 5.75 Å². The molecule has 9 heteroatoms. The summed E-state index contributed by atoms with van der Waals surface area (Å²) >= 11 is 12.5. The fraction of sp³-hybridized carbons (Fsp3) is 0.211. The van der Waals surface area contributed by atoms with Crippen LogP contribution in [-0.2, 0) is 13.0 Å². The SMILES string of the molecule is COc1ccc(CC(Cn2ccnc2)c2ccc(Cl)cc2Cl)cc1.O=[N+]([O-])O. The molecule has 0 spiro atoms. The first-order chi connectivity index (χ1) is 13.4. The van der Waals surface area contributed by atoms with Crippen molar-refractivity contribution >= 4 is 23.2 Å². The maximum Gasteiger partial charge on any atom is 0.291 e. The summed E-state index contributed by atoms with van der Waals surface area (Å²) in [5.41, 5.74) is 2.32. The average Bonchev–Trinajstić information content (AvgIpc) is 3.14. The third kappa shape index (κ3) is 6.75. The lowest BCUT2D eigenvalue weighted by atomic mass is 9.91. The van der Waals surface area contributed by atoms with Crippen LogP contribution in [0.25, 0.3) is 0 Å². The molecule has 7 nitrogen and oxygen atoms in total. The van der Waals surface area contributed by atoms with E-state index in [1.54, 1.807) is 19.4 Å². The molecule has 0 saturated heterocycles. The number of ether oxygens (including phenoxy) is 1. The third-order valence-electron chi connectivity index (χ3n) is 4.03. The molecule has 0 amide bonds. The van der Waals surface area contributed by atoms with Crippen molar-refractivity contribution in [1.82, 2.24) is 9.55 Å². The molecule has 2 aromatic carbocycles. The number of imidazole rings is 1. The highest BCUT2D eigenvalue weighted by Crippen LogP contribution is 2.31. The summed E-state index contributed by atoms with van der Waals surface area (Å²) in [5.74, 6) is 1.08. The Labute approximate surface area is 172 Å². The first-order valence-electron chi connectivity index (χ1n) is 8.26. The zero-order valence-corrected chi connectivity index (χ0v) is 16.5. The van der Waals surface area contributed by atoms with Crippen LogP contribution in [0.2, 0.25) is 10.0 Å². The third-order valence-corrected chi connectivity index (χ3v) is 4.60. The summed E-state index contributed by atoms with van der Waals surface area (Å²) in [6.07, 6.45) is 6.44. The van der Waals surface area contributed by atoms with Gasteiger partial charge in [0.2, 0.25) is 0 Å². The number of hydrogen-bond acceptors (Lipinski definition) is 4. The molecule has 0 saturated carbocycles. The van der Waals surface area contributed by atoms with Crippen LogP contribution < -0.4 is 4.74 Å². The molecule has 0 bridgehead atoms. The highest BCUT2D eigenvalue weighted by Gasteiger charge is 2.17. The molecule has 0 aliphatic heterocycles. The maximum absolute atomic E-state index is 8.36. The van der Waals surface area contributed by atoms with Crippen molar-refractivity contribution in [3.05, 3.63) is 92.5 Å². The van der Waals surface area contributed by atoms with E-state index in [1.807, 2.05) is 36.8 Å². The van der Waals surface area contributed by atoms with Crippen molar-refractivity contribution < 1.29 is 15.0 Å². The molecule has 0 radical (unpaired) electrons. The zero-order chi connectivity index (χ0) is 20.5. The van der Waals surface area contributed by atoms with Gasteiger partial charge in [-0.15, -0.1) is 10.1 Å². The van der Waals surface area contributed by atoms with Gasteiger partial charge in [-0.1, -0.05) is 41.4 Å². The minimum Gasteiger partial charge on any atom is -0.497 e. The minimum atomic E-state index is -1.50. The molecule has 28 heavy (non-hydrogen) atoms. The van der Waals surface area contributed by atoms with Crippen LogP contribution in [0.5, 0.6) is 5.75 Å². The fourth-order valence-corrected chi connectivity index (χ4v) is 3.36. The van der Waals surface area contributed by atoms with Crippen LogP contribution in [0.3, 0.4) is 0 Å². The van der Waals surface area contributed by atoms with Crippen molar-refractivity contribution in [2.24, 2.45) is 0 Å². The quantitative estimate of drug-likeness (QED) is 0.450. The topological polar surface area (TPSA) is 90.4 Å². The summed E-state index contributed by atoms with van der Waals surface area (Å²) in [7, 11) is 1.67. The summed E-state index contributed by atoms with van der Waals surface area (Å²) in [4.78, 5) is 12.5. The molecule has 1 atom stereocenters. The van der Waals surface area contributed by atoms with E-state index in [9.17, 15) is 0 Å². The molecule has 1 N–H and O–H groups in total. The number of methoxy groups -OCH3 is 1. The Kier molecular flexibility index (Phi) is 8.10. The Balaban J connectivity index is 0.000000640. The first-order valence-corrected chi connectivity index (χ1v) is 9.01. The molecule has 0 fully saturated rings. The van der Waals surface area contributed by atoms with Gasteiger partial charge in [0.15, 0.2) is 0 Å². The molecule has 1 unspecified atom stereocenters. The smallest absolute Gasteiger partial charge is 0.291 e. The van der Waals surface area contributed by atoms with Gasteiger partial charge >= 0.3 is 0 Å². The van der Waals surface area contributed by atoms with E-state index in [0.29, 0.717) is 10.0 Å². The highest BCUT2D eigenvalue weighted by atomic mass is 35.5. The van der Waals surface area contributed by atoms with E-state index < -0.39 is 5.09 Å². The number of rotatable bonds is 6. The van der Waals surface area contributed by atoms with Gasteiger partial charge in [0, 0.05) is 34.9 Å². The van der Waals surface area contributed by atoms with Crippen LogP contribution in [0.15, 0.2) is 61.2 Å². The highest BCUT2D eigenvalue weighted by molar-refractivity contribution is 6.35. The van der Waals surface area contributed by atoms with Crippen molar-refractivity contribution in [2.45, 2.75) is 18.9 Å². The maximum atomic E-state index is 8.36. The molecule has 1 heterocycles. The lowest BCUT2D eigenvalue weighted by molar-refractivity contribution is -0.742.